The number of para-hydroxylation sites is 1. The van der Waals surface area contributed by atoms with E-state index in [1.54, 1.807) is 49.7 Å². The van der Waals surface area contributed by atoms with Crippen LogP contribution in [0.3, 0.4) is 0 Å². The van der Waals surface area contributed by atoms with Crippen molar-refractivity contribution < 1.29 is 18.8 Å². The highest BCUT2D eigenvalue weighted by Gasteiger charge is 2.23. The molecule has 0 aliphatic rings. The van der Waals surface area contributed by atoms with Crippen LogP contribution >= 0.6 is 11.6 Å². The fourth-order valence-electron chi connectivity index (χ4n) is 3.29. The predicted octanol–water partition coefficient (Wildman–Crippen LogP) is 4.65. The highest BCUT2D eigenvalue weighted by atomic mass is 35.5. The molecule has 9 heteroatoms. The Hall–Kier alpha value is -3.91. The second-order valence-electron chi connectivity index (χ2n) is 6.71. The van der Waals surface area contributed by atoms with Crippen LogP contribution in [-0.4, -0.2) is 35.3 Å². The molecule has 0 bridgehead atoms. The van der Waals surface area contributed by atoms with Gasteiger partial charge in [0.2, 0.25) is 11.8 Å². The average Bonchev–Trinajstić information content (AvgIpc) is 3.23. The number of hydrogen-bond acceptors (Lipinski definition) is 7. The van der Waals surface area contributed by atoms with Crippen LogP contribution in [0.4, 0.5) is 5.88 Å². The minimum Gasteiger partial charge on any atom is -0.493 e. The van der Waals surface area contributed by atoms with Gasteiger partial charge in [0.1, 0.15) is 12.0 Å². The average molecular weight is 451 g/mol. The Morgan fingerprint density at radius 2 is 1.91 bits per heavy atom. The minimum atomic E-state index is -0.314. The number of nitrogens with one attached hydrogen (secondary N) is 1. The first-order chi connectivity index (χ1) is 15.6. The van der Waals surface area contributed by atoms with E-state index in [1.165, 1.54) is 13.4 Å². The molecule has 2 aromatic carbocycles. The molecule has 0 saturated heterocycles. The lowest BCUT2D eigenvalue weighted by Gasteiger charge is -2.12. The largest absolute Gasteiger partial charge is 0.493 e. The normalized spacial score (nSPS) is 10.6. The molecule has 162 valence electrons. The standard InChI is InChI=1S/C23H19ClN4O4/c1-30-18-5-3-4-15(22(18)31-2)12-19(29)27-23-20(17-10-11-25-13-26-17)21(28-32-23)14-6-8-16(24)9-7-14/h3-11,13H,12H2,1-2H3,(H,27,29). The van der Waals surface area contributed by atoms with E-state index < -0.39 is 0 Å². The van der Waals surface area contributed by atoms with E-state index in [4.69, 9.17) is 25.6 Å². The molecule has 0 aliphatic carbocycles. The minimum absolute atomic E-state index is 0.0422. The van der Waals surface area contributed by atoms with E-state index in [0.717, 1.165) is 5.56 Å². The number of rotatable bonds is 7. The summed E-state index contributed by atoms with van der Waals surface area (Å²) in [6, 6.07) is 14.2. The summed E-state index contributed by atoms with van der Waals surface area (Å²) < 4.78 is 16.2. The first-order valence-corrected chi connectivity index (χ1v) is 10.00. The molecule has 4 rings (SSSR count). The van der Waals surface area contributed by atoms with Gasteiger partial charge >= 0.3 is 0 Å². The van der Waals surface area contributed by atoms with Crippen molar-refractivity contribution in [2.24, 2.45) is 0 Å². The van der Waals surface area contributed by atoms with Crippen molar-refractivity contribution in [1.29, 1.82) is 0 Å². The summed E-state index contributed by atoms with van der Waals surface area (Å²) in [4.78, 5) is 21.1. The molecule has 4 aromatic rings. The molecule has 0 radical (unpaired) electrons. The summed E-state index contributed by atoms with van der Waals surface area (Å²) in [5.41, 5.74) is 3.06. The van der Waals surface area contributed by atoms with Gasteiger partial charge in [-0.05, 0) is 24.3 Å². The number of amides is 1. The van der Waals surface area contributed by atoms with E-state index in [1.807, 2.05) is 12.1 Å². The Bertz CT molecular complexity index is 1230. The molecular formula is C23H19ClN4O4. The summed E-state index contributed by atoms with van der Waals surface area (Å²) in [6.45, 7) is 0. The van der Waals surface area contributed by atoms with Crippen molar-refractivity contribution in [1.82, 2.24) is 15.1 Å². The number of aromatic nitrogens is 3. The molecule has 2 aromatic heterocycles. The number of ether oxygens (including phenoxy) is 2. The Morgan fingerprint density at radius 1 is 1.09 bits per heavy atom. The maximum absolute atomic E-state index is 12.9. The van der Waals surface area contributed by atoms with Crippen LogP contribution in [0.15, 0.2) is 65.6 Å². The molecule has 1 N–H and O–H groups in total. The van der Waals surface area contributed by atoms with Gasteiger partial charge < -0.3 is 14.0 Å². The van der Waals surface area contributed by atoms with Gasteiger partial charge in [-0.2, -0.15) is 0 Å². The van der Waals surface area contributed by atoms with Crippen LogP contribution in [0.25, 0.3) is 22.5 Å². The maximum atomic E-state index is 12.9. The number of methoxy groups -OCH3 is 2. The van der Waals surface area contributed by atoms with Crippen molar-refractivity contribution in [3.05, 3.63) is 71.6 Å². The van der Waals surface area contributed by atoms with Crippen LogP contribution in [0, 0.1) is 0 Å². The SMILES string of the molecule is COc1cccc(CC(=O)Nc2onc(-c3ccc(Cl)cc3)c2-c2ccncn2)c1OC. The number of halogens is 1. The smallest absolute Gasteiger partial charge is 0.241 e. The lowest BCUT2D eigenvalue weighted by Crippen LogP contribution is -2.15. The Balaban J connectivity index is 1.67. The van der Waals surface area contributed by atoms with Crippen molar-refractivity contribution in [3.63, 3.8) is 0 Å². The zero-order valence-corrected chi connectivity index (χ0v) is 18.1. The van der Waals surface area contributed by atoms with Gasteiger partial charge in [-0.1, -0.05) is 41.0 Å². The monoisotopic (exact) mass is 450 g/mol. The Morgan fingerprint density at radius 3 is 2.59 bits per heavy atom. The third-order valence-corrected chi connectivity index (χ3v) is 4.99. The second kappa shape index (κ2) is 9.49. The summed E-state index contributed by atoms with van der Waals surface area (Å²) in [5.74, 6) is 0.913. The van der Waals surface area contributed by atoms with Crippen LogP contribution in [-0.2, 0) is 11.2 Å². The highest BCUT2D eigenvalue weighted by Crippen LogP contribution is 2.37. The quantitative estimate of drug-likeness (QED) is 0.437. The molecule has 0 aliphatic heterocycles. The molecule has 2 heterocycles. The summed E-state index contributed by atoms with van der Waals surface area (Å²) in [6.07, 6.45) is 3.06. The first-order valence-electron chi connectivity index (χ1n) is 9.62. The van der Waals surface area contributed by atoms with Crippen molar-refractivity contribution in [3.8, 4) is 34.0 Å². The molecule has 0 atom stereocenters. The van der Waals surface area contributed by atoms with Gasteiger partial charge in [0.05, 0.1) is 31.9 Å². The highest BCUT2D eigenvalue weighted by molar-refractivity contribution is 6.30. The van der Waals surface area contributed by atoms with Gasteiger partial charge in [0.25, 0.3) is 0 Å². The van der Waals surface area contributed by atoms with E-state index in [0.29, 0.717) is 39.0 Å². The zero-order chi connectivity index (χ0) is 22.5. The zero-order valence-electron chi connectivity index (χ0n) is 17.3. The lowest BCUT2D eigenvalue weighted by atomic mass is 10.0. The van der Waals surface area contributed by atoms with Gasteiger partial charge in [-0.15, -0.1) is 0 Å². The number of hydrogen-bond donors (Lipinski definition) is 1. The number of carbonyl (C=O) groups is 1. The van der Waals surface area contributed by atoms with E-state index >= 15 is 0 Å². The van der Waals surface area contributed by atoms with Crippen LogP contribution in [0.1, 0.15) is 5.56 Å². The third-order valence-electron chi connectivity index (χ3n) is 4.74. The molecule has 0 unspecified atom stereocenters. The number of carbonyl (C=O) groups excluding carboxylic acids is 1. The van der Waals surface area contributed by atoms with Crippen molar-refractivity contribution in [2.75, 3.05) is 19.5 Å². The Kier molecular flexibility index (Phi) is 6.32. The molecule has 0 spiro atoms. The van der Waals surface area contributed by atoms with Crippen LogP contribution in [0.2, 0.25) is 5.02 Å². The van der Waals surface area contributed by atoms with Crippen molar-refractivity contribution >= 4 is 23.4 Å². The second-order valence-corrected chi connectivity index (χ2v) is 7.15. The van der Waals surface area contributed by atoms with Crippen LogP contribution in [0.5, 0.6) is 11.5 Å². The summed E-state index contributed by atoms with van der Waals surface area (Å²) in [5, 5.41) is 7.57. The summed E-state index contributed by atoms with van der Waals surface area (Å²) in [7, 11) is 3.07. The van der Waals surface area contributed by atoms with Gasteiger partial charge in [0, 0.05) is 22.3 Å². The molecule has 1 amide bonds. The van der Waals surface area contributed by atoms with Gasteiger partial charge in [-0.3, -0.25) is 10.1 Å². The van der Waals surface area contributed by atoms with E-state index in [2.05, 4.69) is 20.4 Å². The topological polar surface area (TPSA) is 99.4 Å². The van der Waals surface area contributed by atoms with E-state index in [-0.39, 0.29) is 18.2 Å². The predicted molar refractivity (Wildman–Crippen MR) is 120 cm³/mol. The van der Waals surface area contributed by atoms with Gasteiger partial charge in [0.15, 0.2) is 11.5 Å². The first kappa shape index (κ1) is 21.3. The fourth-order valence-corrected chi connectivity index (χ4v) is 3.42. The summed E-state index contributed by atoms with van der Waals surface area (Å²) >= 11 is 6.01. The third kappa shape index (κ3) is 4.40. The van der Waals surface area contributed by atoms with Crippen molar-refractivity contribution in [2.45, 2.75) is 6.42 Å². The molecule has 8 nitrogen and oxygen atoms in total. The fraction of sp³-hybridized carbons (Fsp3) is 0.130. The maximum Gasteiger partial charge on any atom is 0.241 e. The number of benzene rings is 2. The van der Waals surface area contributed by atoms with Crippen LogP contribution < -0.4 is 14.8 Å². The lowest BCUT2D eigenvalue weighted by molar-refractivity contribution is -0.115. The molecular weight excluding hydrogens is 432 g/mol. The van der Waals surface area contributed by atoms with Gasteiger partial charge in [-0.25, -0.2) is 9.97 Å². The number of nitrogens with zero attached hydrogens (tertiary/aromatic N) is 3. The number of anilines is 1. The molecule has 32 heavy (non-hydrogen) atoms. The Labute approximate surface area is 189 Å². The molecule has 0 fully saturated rings. The molecule has 0 saturated carbocycles. The van der Waals surface area contributed by atoms with E-state index in [9.17, 15) is 4.79 Å².